The molecule has 0 aliphatic carbocycles. The van der Waals surface area contributed by atoms with Crippen LogP contribution in [0.4, 0.5) is 4.39 Å². The highest BCUT2D eigenvalue weighted by Gasteiger charge is 2.12. The molecule has 0 unspecified atom stereocenters. The van der Waals surface area contributed by atoms with Gasteiger partial charge in [0.2, 0.25) is 5.91 Å². The number of hydrazine groups is 1. The topological polar surface area (TPSA) is 76.7 Å². The van der Waals surface area contributed by atoms with Crippen molar-refractivity contribution in [1.29, 1.82) is 0 Å². The highest BCUT2D eigenvalue weighted by atomic mass is 19.1. The number of amides is 2. The second kappa shape index (κ2) is 7.96. The number of nitrogens with one attached hydrogen (secondary N) is 2. The van der Waals surface area contributed by atoms with E-state index >= 15 is 0 Å². The summed E-state index contributed by atoms with van der Waals surface area (Å²) < 4.78 is 23.3. The Labute approximate surface area is 138 Å². The largest absolute Gasteiger partial charge is 0.493 e. The molecule has 0 bridgehead atoms. The van der Waals surface area contributed by atoms with Crippen LogP contribution in [0, 0.1) is 5.82 Å². The van der Waals surface area contributed by atoms with Crippen molar-refractivity contribution in [2.75, 3.05) is 14.2 Å². The molecule has 0 aliphatic heterocycles. The lowest BCUT2D eigenvalue weighted by atomic mass is 10.1. The van der Waals surface area contributed by atoms with Crippen molar-refractivity contribution in [2.45, 2.75) is 6.42 Å². The predicted octanol–water partition coefficient (Wildman–Crippen LogP) is 1.85. The van der Waals surface area contributed by atoms with Crippen LogP contribution < -0.4 is 20.3 Å². The molecule has 2 aromatic carbocycles. The van der Waals surface area contributed by atoms with E-state index in [1.54, 1.807) is 12.1 Å². The lowest BCUT2D eigenvalue weighted by Gasteiger charge is -2.10. The van der Waals surface area contributed by atoms with E-state index in [4.69, 9.17) is 9.47 Å². The third-order valence-electron chi connectivity index (χ3n) is 3.21. The lowest BCUT2D eigenvalue weighted by molar-refractivity contribution is -0.121. The Morgan fingerprint density at radius 2 is 1.75 bits per heavy atom. The summed E-state index contributed by atoms with van der Waals surface area (Å²) in [4.78, 5) is 23.8. The van der Waals surface area contributed by atoms with Gasteiger partial charge in [-0.15, -0.1) is 0 Å². The molecular weight excluding hydrogens is 315 g/mol. The number of ether oxygens (including phenoxy) is 2. The van der Waals surface area contributed by atoms with Gasteiger partial charge in [0, 0.05) is 5.56 Å². The second-order valence-electron chi connectivity index (χ2n) is 4.88. The van der Waals surface area contributed by atoms with Crippen LogP contribution in [-0.4, -0.2) is 26.0 Å². The van der Waals surface area contributed by atoms with Crippen molar-refractivity contribution in [3.05, 3.63) is 59.4 Å². The third kappa shape index (κ3) is 4.45. The number of halogens is 1. The molecule has 2 aromatic rings. The molecule has 7 heteroatoms. The van der Waals surface area contributed by atoms with E-state index < -0.39 is 17.6 Å². The van der Waals surface area contributed by atoms with Crippen LogP contribution in [0.15, 0.2) is 42.5 Å². The Morgan fingerprint density at radius 1 is 1.00 bits per heavy atom. The molecule has 0 aromatic heterocycles. The van der Waals surface area contributed by atoms with E-state index in [1.807, 2.05) is 0 Å². The van der Waals surface area contributed by atoms with Crippen molar-refractivity contribution >= 4 is 11.8 Å². The van der Waals surface area contributed by atoms with Crippen LogP contribution in [0.1, 0.15) is 15.9 Å². The van der Waals surface area contributed by atoms with Gasteiger partial charge in [-0.1, -0.05) is 12.1 Å². The molecule has 0 fully saturated rings. The number of benzene rings is 2. The molecule has 0 spiro atoms. The normalized spacial score (nSPS) is 9.96. The van der Waals surface area contributed by atoms with Gasteiger partial charge in [0.1, 0.15) is 5.82 Å². The molecule has 2 N–H and O–H groups in total. The van der Waals surface area contributed by atoms with Gasteiger partial charge in [-0.25, -0.2) is 4.39 Å². The van der Waals surface area contributed by atoms with Gasteiger partial charge in [-0.05, 0) is 35.9 Å². The van der Waals surface area contributed by atoms with Crippen molar-refractivity contribution in [1.82, 2.24) is 10.9 Å². The molecule has 0 heterocycles. The quantitative estimate of drug-likeness (QED) is 0.819. The number of hydrogen-bond acceptors (Lipinski definition) is 4. The highest BCUT2D eigenvalue weighted by molar-refractivity contribution is 5.96. The molecule has 0 aliphatic rings. The molecule has 0 saturated carbocycles. The zero-order valence-electron chi connectivity index (χ0n) is 13.3. The van der Waals surface area contributed by atoms with Crippen molar-refractivity contribution in [3.8, 4) is 11.5 Å². The standard InChI is InChI=1S/C17H17FN2O4/c1-23-14-7-6-12(10-15(14)24-2)17(22)20-19-16(21)9-11-4-3-5-13(18)8-11/h3-8,10H,9H2,1-2H3,(H,19,21)(H,20,22). The molecule has 24 heavy (non-hydrogen) atoms. The summed E-state index contributed by atoms with van der Waals surface area (Å²) in [6.07, 6.45) is -0.0516. The first kappa shape index (κ1) is 17.3. The minimum Gasteiger partial charge on any atom is -0.493 e. The van der Waals surface area contributed by atoms with Crippen LogP contribution in [0.25, 0.3) is 0 Å². The maximum Gasteiger partial charge on any atom is 0.269 e. The number of methoxy groups -OCH3 is 2. The predicted molar refractivity (Wildman–Crippen MR) is 85.3 cm³/mol. The Kier molecular flexibility index (Phi) is 5.73. The highest BCUT2D eigenvalue weighted by Crippen LogP contribution is 2.27. The minimum atomic E-state index is -0.511. The first-order valence-corrected chi connectivity index (χ1v) is 7.09. The number of hydrogen-bond donors (Lipinski definition) is 2. The van der Waals surface area contributed by atoms with Gasteiger partial charge in [0.15, 0.2) is 11.5 Å². The summed E-state index contributed by atoms with van der Waals surface area (Å²) in [6, 6.07) is 10.3. The van der Waals surface area contributed by atoms with Gasteiger partial charge in [-0.2, -0.15) is 0 Å². The molecule has 2 rings (SSSR count). The smallest absolute Gasteiger partial charge is 0.269 e. The first-order chi connectivity index (χ1) is 11.5. The summed E-state index contributed by atoms with van der Waals surface area (Å²) in [7, 11) is 2.95. The number of carbonyl (C=O) groups excluding carboxylic acids is 2. The van der Waals surface area contributed by atoms with Crippen molar-refractivity contribution in [2.24, 2.45) is 0 Å². The zero-order chi connectivity index (χ0) is 17.5. The monoisotopic (exact) mass is 332 g/mol. The fourth-order valence-corrected chi connectivity index (χ4v) is 2.05. The van der Waals surface area contributed by atoms with E-state index in [2.05, 4.69) is 10.9 Å². The second-order valence-corrected chi connectivity index (χ2v) is 4.88. The van der Waals surface area contributed by atoms with E-state index in [1.165, 1.54) is 44.6 Å². The number of rotatable bonds is 5. The first-order valence-electron chi connectivity index (χ1n) is 7.09. The molecule has 0 radical (unpaired) electrons. The van der Waals surface area contributed by atoms with E-state index in [0.29, 0.717) is 22.6 Å². The molecule has 2 amide bonds. The molecule has 0 saturated heterocycles. The van der Waals surface area contributed by atoms with Gasteiger partial charge in [0.05, 0.1) is 20.6 Å². The van der Waals surface area contributed by atoms with Crippen LogP contribution in [0.5, 0.6) is 11.5 Å². The average molecular weight is 332 g/mol. The lowest BCUT2D eigenvalue weighted by Crippen LogP contribution is -2.42. The van der Waals surface area contributed by atoms with Gasteiger partial charge >= 0.3 is 0 Å². The summed E-state index contributed by atoms with van der Waals surface area (Å²) in [5.41, 5.74) is 5.37. The third-order valence-corrected chi connectivity index (χ3v) is 3.21. The fourth-order valence-electron chi connectivity index (χ4n) is 2.05. The minimum absolute atomic E-state index is 0.0516. The fraction of sp³-hybridized carbons (Fsp3) is 0.176. The summed E-state index contributed by atoms with van der Waals surface area (Å²) in [5, 5.41) is 0. The SMILES string of the molecule is COc1ccc(C(=O)NNC(=O)Cc2cccc(F)c2)cc1OC. The van der Waals surface area contributed by atoms with Crippen molar-refractivity contribution in [3.63, 3.8) is 0 Å². The molecule has 126 valence electrons. The van der Waals surface area contributed by atoms with Crippen LogP contribution in [0.3, 0.4) is 0 Å². The number of carbonyl (C=O) groups is 2. The Morgan fingerprint density at radius 3 is 2.42 bits per heavy atom. The Bertz CT molecular complexity index is 749. The molecule has 0 atom stereocenters. The molecular formula is C17H17FN2O4. The Hall–Kier alpha value is -3.09. The van der Waals surface area contributed by atoms with E-state index in [9.17, 15) is 14.0 Å². The van der Waals surface area contributed by atoms with E-state index in [0.717, 1.165) is 0 Å². The Balaban J connectivity index is 1.94. The zero-order valence-corrected chi connectivity index (χ0v) is 13.3. The van der Waals surface area contributed by atoms with Gasteiger partial charge in [0.25, 0.3) is 5.91 Å². The maximum absolute atomic E-state index is 13.1. The van der Waals surface area contributed by atoms with Gasteiger partial charge < -0.3 is 9.47 Å². The van der Waals surface area contributed by atoms with Crippen LogP contribution in [-0.2, 0) is 11.2 Å². The maximum atomic E-state index is 13.1. The summed E-state index contributed by atoms with van der Waals surface area (Å²) in [6.45, 7) is 0. The van der Waals surface area contributed by atoms with Crippen molar-refractivity contribution < 1.29 is 23.5 Å². The van der Waals surface area contributed by atoms with Crippen LogP contribution in [0.2, 0.25) is 0 Å². The van der Waals surface area contributed by atoms with Gasteiger partial charge in [-0.3, -0.25) is 20.4 Å². The summed E-state index contributed by atoms with van der Waals surface area (Å²) >= 11 is 0. The molecule has 6 nitrogen and oxygen atoms in total. The van der Waals surface area contributed by atoms with E-state index in [-0.39, 0.29) is 6.42 Å². The summed E-state index contributed by atoms with van der Waals surface area (Å²) in [5.74, 6) is -0.506. The van der Waals surface area contributed by atoms with Crippen LogP contribution >= 0.6 is 0 Å². The average Bonchev–Trinajstić information content (AvgIpc) is 2.59.